The van der Waals surface area contributed by atoms with Crippen LogP contribution in [0.15, 0.2) is 78.9 Å². The van der Waals surface area contributed by atoms with Crippen molar-refractivity contribution < 1.29 is 0 Å². The van der Waals surface area contributed by atoms with E-state index >= 15 is 0 Å². The van der Waals surface area contributed by atoms with Crippen LogP contribution in [0.3, 0.4) is 0 Å². The predicted octanol–water partition coefficient (Wildman–Crippen LogP) is 9.54. The summed E-state index contributed by atoms with van der Waals surface area (Å²) in [5, 5.41) is 0. The molecule has 0 aliphatic carbocycles. The number of unbranched alkanes of at least 4 members (excludes halogenated alkanes) is 9. The summed E-state index contributed by atoms with van der Waals surface area (Å²) in [5.41, 5.74) is 6.86. The molecule has 1 heteroatoms. The maximum atomic E-state index is 2.32. The first-order valence-electron chi connectivity index (χ1n) is 12.1. The largest absolute Gasteiger partial charge is 0.153 e. The molecule has 0 nitrogen and oxygen atoms in total. The summed E-state index contributed by atoms with van der Waals surface area (Å²) in [6.07, 6.45) is 15.1. The summed E-state index contributed by atoms with van der Waals surface area (Å²) >= 11 is 0. The number of hydrogen-bond acceptors (Lipinski definition) is 0. The quantitative estimate of drug-likeness (QED) is 0.186. The van der Waals surface area contributed by atoms with Gasteiger partial charge in [0.25, 0.3) is 0 Å². The Bertz CT molecular complexity index is 853. The van der Waals surface area contributed by atoms with Crippen LogP contribution in [0.4, 0.5) is 0 Å². The Morgan fingerprint density at radius 2 is 0.935 bits per heavy atom. The molecule has 31 heavy (non-hydrogen) atoms. The van der Waals surface area contributed by atoms with Gasteiger partial charge in [-0.25, -0.2) is 0 Å². The van der Waals surface area contributed by atoms with Gasteiger partial charge in [0.05, 0.1) is 0 Å². The fraction of sp³-hybridized carbons (Fsp3) is 0.400. The standard InChI is InChI=1S/C30H38.H3P/c1-2-3-4-5-6-7-8-9-10-12-19-27-22-15-16-23-28(27)30-25-18-17-24-29(30)26-20-13-11-14-21-26;/h11,13-18,20-25H,2-10,12,19H2,1H3;1H3. The van der Waals surface area contributed by atoms with Crippen molar-refractivity contribution in [3.63, 3.8) is 0 Å². The summed E-state index contributed by atoms with van der Waals surface area (Å²) in [6.45, 7) is 2.29. The Kier molecular flexibility index (Phi) is 12.3. The van der Waals surface area contributed by atoms with Crippen LogP contribution in [0.25, 0.3) is 22.3 Å². The highest BCUT2D eigenvalue weighted by Crippen LogP contribution is 2.34. The second-order valence-electron chi connectivity index (χ2n) is 8.50. The van der Waals surface area contributed by atoms with Crippen LogP contribution in [0.2, 0.25) is 0 Å². The number of rotatable bonds is 13. The highest BCUT2D eigenvalue weighted by molar-refractivity contribution is 6.92. The zero-order valence-electron chi connectivity index (χ0n) is 19.5. The molecule has 0 fully saturated rings. The highest BCUT2D eigenvalue weighted by Gasteiger charge is 2.10. The summed E-state index contributed by atoms with van der Waals surface area (Å²) < 4.78 is 0. The molecule has 0 aromatic heterocycles. The Balaban J connectivity index is 0.00000341. The minimum Gasteiger partial charge on any atom is -0.153 e. The van der Waals surface area contributed by atoms with Crippen LogP contribution >= 0.6 is 9.90 Å². The predicted molar refractivity (Wildman–Crippen MR) is 144 cm³/mol. The normalized spacial score (nSPS) is 10.6. The Morgan fingerprint density at radius 3 is 1.58 bits per heavy atom. The molecule has 1 unspecified atom stereocenters. The van der Waals surface area contributed by atoms with Crippen molar-refractivity contribution in [2.45, 2.75) is 77.6 Å². The molecule has 0 saturated heterocycles. The minimum absolute atomic E-state index is 0. The third kappa shape index (κ3) is 8.27. The molecule has 0 aliphatic heterocycles. The molecule has 0 radical (unpaired) electrons. The fourth-order valence-corrected chi connectivity index (χ4v) is 4.39. The van der Waals surface area contributed by atoms with Crippen molar-refractivity contribution in [3.05, 3.63) is 84.4 Å². The van der Waals surface area contributed by atoms with Gasteiger partial charge in [-0.2, -0.15) is 9.90 Å². The summed E-state index contributed by atoms with van der Waals surface area (Å²) in [7, 11) is 0. The third-order valence-electron chi connectivity index (χ3n) is 6.12. The highest BCUT2D eigenvalue weighted by atomic mass is 31.0. The molecule has 3 rings (SSSR count). The van der Waals surface area contributed by atoms with E-state index in [0.29, 0.717) is 0 Å². The van der Waals surface area contributed by atoms with Crippen LogP contribution in [-0.2, 0) is 6.42 Å². The van der Waals surface area contributed by atoms with Gasteiger partial charge >= 0.3 is 0 Å². The Hall–Kier alpha value is -1.91. The van der Waals surface area contributed by atoms with E-state index in [1.165, 1.54) is 98.4 Å². The Morgan fingerprint density at radius 1 is 0.452 bits per heavy atom. The van der Waals surface area contributed by atoms with Crippen molar-refractivity contribution in [1.82, 2.24) is 0 Å². The molecule has 0 saturated carbocycles. The van der Waals surface area contributed by atoms with Crippen LogP contribution in [-0.4, -0.2) is 0 Å². The second kappa shape index (κ2) is 15.0. The van der Waals surface area contributed by atoms with Gasteiger partial charge < -0.3 is 0 Å². The lowest BCUT2D eigenvalue weighted by Crippen LogP contribution is -1.93. The molecule has 1 atom stereocenters. The van der Waals surface area contributed by atoms with Crippen molar-refractivity contribution in [3.8, 4) is 22.3 Å². The number of aryl methyl sites for hydroxylation is 1. The van der Waals surface area contributed by atoms with Gasteiger partial charge in [-0.05, 0) is 40.7 Å². The molecule has 0 bridgehead atoms. The van der Waals surface area contributed by atoms with Gasteiger partial charge in [-0.3, -0.25) is 0 Å². The molecule has 0 heterocycles. The minimum atomic E-state index is 0. The van der Waals surface area contributed by atoms with Gasteiger partial charge in [0, 0.05) is 0 Å². The van der Waals surface area contributed by atoms with Crippen LogP contribution in [0, 0.1) is 0 Å². The van der Waals surface area contributed by atoms with Crippen molar-refractivity contribution in [2.75, 3.05) is 0 Å². The molecule has 0 N–H and O–H groups in total. The summed E-state index contributed by atoms with van der Waals surface area (Å²) in [5.74, 6) is 0. The van der Waals surface area contributed by atoms with E-state index in [-0.39, 0.29) is 9.90 Å². The summed E-state index contributed by atoms with van der Waals surface area (Å²) in [6, 6.07) is 28.6. The van der Waals surface area contributed by atoms with Crippen molar-refractivity contribution in [1.29, 1.82) is 0 Å². The lowest BCUT2D eigenvalue weighted by Gasteiger charge is -2.14. The van der Waals surface area contributed by atoms with Crippen molar-refractivity contribution in [2.24, 2.45) is 0 Å². The number of hydrogen-bond donors (Lipinski definition) is 0. The topological polar surface area (TPSA) is 0 Å². The molecule has 0 aliphatic rings. The molecule has 0 spiro atoms. The average Bonchev–Trinajstić information content (AvgIpc) is 2.81. The summed E-state index contributed by atoms with van der Waals surface area (Å²) in [4.78, 5) is 0. The zero-order valence-corrected chi connectivity index (χ0v) is 20.9. The smallest absolute Gasteiger partial charge is 0.0103 e. The first-order chi connectivity index (χ1) is 14.9. The zero-order chi connectivity index (χ0) is 20.9. The molecular weight excluding hydrogens is 391 g/mol. The van der Waals surface area contributed by atoms with Crippen LogP contribution < -0.4 is 0 Å². The van der Waals surface area contributed by atoms with Gasteiger partial charge in [-0.1, -0.05) is 144 Å². The van der Waals surface area contributed by atoms with Crippen LogP contribution in [0.1, 0.15) is 76.7 Å². The van der Waals surface area contributed by atoms with Gasteiger partial charge in [-0.15, -0.1) is 0 Å². The molecule has 3 aromatic carbocycles. The van der Waals surface area contributed by atoms with E-state index in [4.69, 9.17) is 0 Å². The Labute approximate surface area is 194 Å². The monoisotopic (exact) mass is 432 g/mol. The fourth-order valence-electron chi connectivity index (χ4n) is 4.39. The van der Waals surface area contributed by atoms with E-state index in [0.717, 1.165) is 0 Å². The molecular formula is C30H41P. The molecule has 0 amide bonds. The van der Waals surface area contributed by atoms with E-state index in [1.807, 2.05) is 0 Å². The first-order valence-corrected chi connectivity index (χ1v) is 12.1. The van der Waals surface area contributed by atoms with E-state index in [9.17, 15) is 0 Å². The molecule has 3 aromatic rings. The molecule has 166 valence electrons. The van der Waals surface area contributed by atoms with Gasteiger partial charge in [0.15, 0.2) is 0 Å². The maximum Gasteiger partial charge on any atom is -0.0103 e. The third-order valence-corrected chi connectivity index (χ3v) is 6.12. The van der Waals surface area contributed by atoms with E-state index in [2.05, 4.69) is 85.8 Å². The van der Waals surface area contributed by atoms with Gasteiger partial charge in [0.2, 0.25) is 0 Å². The van der Waals surface area contributed by atoms with E-state index in [1.54, 1.807) is 0 Å². The number of benzene rings is 3. The lowest BCUT2D eigenvalue weighted by atomic mass is 9.90. The lowest BCUT2D eigenvalue weighted by molar-refractivity contribution is 0.556. The van der Waals surface area contributed by atoms with Crippen LogP contribution in [0.5, 0.6) is 0 Å². The maximum absolute atomic E-state index is 2.32. The van der Waals surface area contributed by atoms with E-state index < -0.39 is 0 Å². The first kappa shape index (κ1) is 25.4. The second-order valence-corrected chi connectivity index (χ2v) is 8.50. The SMILES string of the molecule is CCCCCCCCCCCCc1ccccc1-c1ccccc1-c1ccccc1.P. The van der Waals surface area contributed by atoms with Crippen molar-refractivity contribution >= 4 is 9.90 Å². The van der Waals surface area contributed by atoms with Gasteiger partial charge in [0.1, 0.15) is 0 Å². The average molecular weight is 433 g/mol.